The lowest BCUT2D eigenvalue weighted by Gasteiger charge is -2.21. The standard InChI is InChI=1S/C16H25N/c1-6-17-15(14-10-16(14,4)5)13-8-11(2)7-12(3)9-13/h7-9,14-15,17H,6,10H2,1-5H3. The van der Waals surface area contributed by atoms with Crippen molar-refractivity contribution in [3.05, 3.63) is 34.9 Å². The van der Waals surface area contributed by atoms with Gasteiger partial charge in [-0.2, -0.15) is 0 Å². The lowest BCUT2D eigenvalue weighted by Crippen LogP contribution is -2.24. The molecule has 0 radical (unpaired) electrons. The molecule has 2 atom stereocenters. The first kappa shape index (κ1) is 12.6. The quantitative estimate of drug-likeness (QED) is 0.826. The Morgan fingerprint density at radius 2 is 1.76 bits per heavy atom. The van der Waals surface area contributed by atoms with Crippen LogP contribution < -0.4 is 5.32 Å². The zero-order chi connectivity index (χ0) is 12.6. The van der Waals surface area contributed by atoms with Crippen LogP contribution in [0.2, 0.25) is 0 Å². The highest BCUT2D eigenvalue weighted by molar-refractivity contribution is 5.32. The van der Waals surface area contributed by atoms with Gasteiger partial charge in [0.05, 0.1) is 0 Å². The monoisotopic (exact) mass is 231 g/mol. The summed E-state index contributed by atoms with van der Waals surface area (Å²) in [4.78, 5) is 0. The molecule has 2 unspecified atom stereocenters. The molecule has 0 amide bonds. The minimum absolute atomic E-state index is 0.518. The van der Waals surface area contributed by atoms with Crippen LogP contribution in [0.5, 0.6) is 0 Å². The van der Waals surface area contributed by atoms with Gasteiger partial charge in [0, 0.05) is 6.04 Å². The van der Waals surface area contributed by atoms with Crippen molar-refractivity contribution in [1.29, 1.82) is 0 Å². The highest BCUT2D eigenvalue weighted by atomic mass is 14.9. The number of nitrogens with one attached hydrogen (secondary N) is 1. The smallest absolute Gasteiger partial charge is 0.0354 e. The van der Waals surface area contributed by atoms with Crippen LogP contribution in [0.25, 0.3) is 0 Å². The summed E-state index contributed by atoms with van der Waals surface area (Å²) in [5.74, 6) is 0.795. The molecule has 2 rings (SSSR count). The van der Waals surface area contributed by atoms with Crippen molar-refractivity contribution in [1.82, 2.24) is 5.32 Å². The molecule has 0 aliphatic heterocycles. The maximum atomic E-state index is 3.67. The van der Waals surface area contributed by atoms with Crippen LogP contribution in [-0.4, -0.2) is 6.54 Å². The minimum Gasteiger partial charge on any atom is -0.310 e. The number of benzene rings is 1. The summed E-state index contributed by atoms with van der Waals surface area (Å²) in [6.45, 7) is 12.4. The molecule has 1 aromatic carbocycles. The summed E-state index contributed by atoms with van der Waals surface area (Å²) in [5, 5.41) is 3.67. The van der Waals surface area contributed by atoms with Crippen molar-refractivity contribution in [2.75, 3.05) is 6.54 Å². The predicted molar refractivity (Wildman–Crippen MR) is 74.2 cm³/mol. The van der Waals surface area contributed by atoms with E-state index in [4.69, 9.17) is 0 Å². The molecule has 1 heteroatoms. The molecule has 0 saturated heterocycles. The highest BCUT2D eigenvalue weighted by Gasteiger charge is 2.50. The summed E-state index contributed by atoms with van der Waals surface area (Å²) in [5.41, 5.74) is 4.74. The molecule has 1 saturated carbocycles. The van der Waals surface area contributed by atoms with Crippen molar-refractivity contribution in [3.63, 3.8) is 0 Å². The van der Waals surface area contributed by atoms with Gasteiger partial charge in [0.15, 0.2) is 0 Å². The second-order valence-corrected chi connectivity index (χ2v) is 6.26. The van der Waals surface area contributed by atoms with Gasteiger partial charge in [0.2, 0.25) is 0 Å². The predicted octanol–water partition coefficient (Wildman–Crippen LogP) is 4.00. The molecule has 17 heavy (non-hydrogen) atoms. The Balaban J connectivity index is 2.26. The molecule has 1 aliphatic carbocycles. The van der Waals surface area contributed by atoms with E-state index < -0.39 is 0 Å². The average Bonchev–Trinajstić information content (AvgIpc) is 2.82. The Hall–Kier alpha value is -0.820. The average molecular weight is 231 g/mol. The Kier molecular flexibility index (Phi) is 3.31. The molecule has 1 fully saturated rings. The summed E-state index contributed by atoms with van der Waals surface area (Å²) in [6, 6.07) is 7.47. The molecule has 1 N–H and O–H groups in total. The van der Waals surface area contributed by atoms with Gasteiger partial charge in [0.25, 0.3) is 0 Å². The molecular formula is C16H25N. The zero-order valence-electron chi connectivity index (χ0n) is 11.8. The Bertz CT molecular complexity index is 386. The van der Waals surface area contributed by atoms with E-state index in [1.807, 2.05) is 0 Å². The summed E-state index contributed by atoms with van der Waals surface area (Å²) in [7, 11) is 0. The normalized spacial score (nSPS) is 23.5. The third-order valence-corrected chi connectivity index (χ3v) is 4.02. The minimum atomic E-state index is 0.518. The van der Waals surface area contributed by atoms with Crippen molar-refractivity contribution >= 4 is 0 Å². The van der Waals surface area contributed by atoms with Gasteiger partial charge >= 0.3 is 0 Å². The van der Waals surface area contributed by atoms with Crippen LogP contribution in [0.1, 0.15) is 49.9 Å². The van der Waals surface area contributed by atoms with Gasteiger partial charge in [-0.05, 0) is 43.7 Å². The van der Waals surface area contributed by atoms with Gasteiger partial charge in [-0.15, -0.1) is 0 Å². The van der Waals surface area contributed by atoms with E-state index in [1.165, 1.54) is 23.1 Å². The second kappa shape index (κ2) is 4.45. The lowest BCUT2D eigenvalue weighted by molar-refractivity contribution is 0.423. The second-order valence-electron chi connectivity index (χ2n) is 6.26. The highest BCUT2D eigenvalue weighted by Crippen LogP contribution is 2.57. The molecule has 0 spiro atoms. The third kappa shape index (κ3) is 2.71. The van der Waals surface area contributed by atoms with Crippen molar-refractivity contribution in [3.8, 4) is 0 Å². The van der Waals surface area contributed by atoms with Crippen molar-refractivity contribution < 1.29 is 0 Å². The van der Waals surface area contributed by atoms with Crippen LogP contribution in [0.15, 0.2) is 18.2 Å². The van der Waals surface area contributed by atoms with Crippen molar-refractivity contribution in [2.45, 2.75) is 47.1 Å². The maximum Gasteiger partial charge on any atom is 0.0354 e. The molecule has 94 valence electrons. The SMILES string of the molecule is CCNC(c1cc(C)cc(C)c1)C1CC1(C)C. The van der Waals surface area contributed by atoms with E-state index in [1.54, 1.807) is 0 Å². The first-order chi connectivity index (χ1) is 7.94. The maximum absolute atomic E-state index is 3.67. The van der Waals surface area contributed by atoms with Gasteiger partial charge < -0.3 is 5.32 Å². The summed E-state index contributed by atoms with van der Waals surface area (Å²) < 4.78 is 0. The Morgan fingerprint density at radius 3 is 2.18 bits per heavy atom. The summed E-state index contributed by atoms with van der Waals surface area (Å²) in [6.07, 6.45) is 1.34. The third-order valence-electron chi connectivity index (χ3n) is 4.02. The zero-order valence-corrected chi connectivity index (χ0v) is 11.8. The molecular weight excluding hydrogens is 206 g/mol. The molecule has 1 aromatic rings. The molecule has 0 bridgehead atoms. The van der Waals surface area contributed by atoms with Crippen LogP contribution in [-0.2, 0) is 0 Å². The first-order valence-corrected chi connectivity index (χ1v) is 6.75. The number of rotatable bonds is 4. The van der Waals surface area contributed by atoms with Gasteiger partial charge in [0.1, 0.15) is 0 Å². The fraction of sp³-hybridized carbons (Fsp3) is 0.625. The number of hydrogen-bond acceptors (Lipinski definition) is 1. The fourth-order valence-electron chi connectivity index (χ4n) is 2.98. The first-order valence-electron chi connectivity index (χ1n) is 6.75. The number of aryl methyl sites for hydroxylation is 2. The van der Waals surface area contributed by atoms with Crippen LogP contribution in [0.3, 0.4) is 0 Å². The number of hydrogen-bond donors (Lipinski definition) is 1. The Labute approximate surface area is 106 Å². The molecule has 1 aliphatic rings. The lowest BCUT2D eigenvalue weighted by atomic mass is 9.94. The van der Waals surface area contributed by atoms with E-state index in [9.17, 15) is 0 Å². The fourth-order valence-corrected chi connectivity index (χ4v) is 2.98. The van der Waals surface area contributed by atoms with E-state index in [-0.39, 0.29) is 0 Å². The van der Waals surface area contributed by atoms with Gasteiger partial charge in [-0.1, -0.05) is 50.1 Å². The van der Waals surface area contributed by atoms with E-state index in [0.717, 1.165) is 12.5 Å². The van der Waals surface area contributed by atoms with Gasteiger partial charge in [-0.3, -0.25) is 0 Å². The van der Waals surface area contributed by atoms with Crippen LogP contribution >= 0.6 is 0 Å². The largest absolute Gasteiger partial charge is 0.310 e. The van der Waals surface area contributed by atoms with E-state index >= 15 is 0 Å². The summed E-state index contributed by atoms with van der Waals surface area (Å²) >= 11 is 0. The van der Waals surface area contributed by atoms with E-state index in [2.05, 4.69) is 58.1 Å². The van der Waals surface area contributed by atoms with Crippen molar-refractivity contribution in [2.24, 2.45) is 11.3 Å². The Morgan fingerprint density at radius 1 is 1.24 bits per heavy atom. The van der Waals surface area contributed by atoms with Gasteiger partial charge in [-0.25, -0.2) is 0 Å². The molecule has 1 nitrogen and oxygen atoms in total. The topological polar surface area (TPSA) is 12.0 Å². The van der Waals surface area contributed by atoms with Crippen LogP contribution in [0.4, 0.5) is 0 Å². The van der Waals surface area contributed by atoms with Crippen LogP contribution in [0, 0.1) is 25.2 Å². The van der Waals surface area contributed by atoms with E-state index in [0.29, 0.717) is 11.5 Å². The molecule has 0 aromatic heterocycles. The molecule has 0 heterocycles.